The van der Waals surface area contributed by atoms with Crippen molar-refractivity contribution in [3.8, 4) is 28.7 Å². The Kier molecular flexibility index (Phi) is 7.54. The van der Waals surface area contributed by atoms with Gasteiger partial charge >= 0.3 is 0 Å². The number of rotatable bonds is 10. The van der Waals surface area contributed by atoms with Gasteiger partial charge in [0.1, 0.15) is 6.26 Å². The van der Waals surface area contributed by atoms with Gasteiger partial charge in [-0.3, -0.25) is 4.79 Å². The van der Waals surface area contributed by atoms with E-state index in [1.54, 1.807) is 27.6 Å². The van der Waals surface area contributed by atoms with Crippen LogP contribution in [0.1, 0.15) is 23.2 Å². The van der Waals surface area contributed by atoms with Crippen molar-refractivity contribution in [3.05, 3.63) is 59.5 Å². The molecule has 7 heteroatoms. The second kappa shape index (κ2) is 10.5. The number of ether oxygens (including phenoxy) is 3. The number of benzene rings is 2. The molecule has 0 aliphatic carbocycles. The van der Waals surface area contributed by atoms with Crippen molar-refractivity contribution in [3.63, 3.8) is 0 Å². The van der Waals surface area contributed by atoms with E-state index >= 15 is 0 Å². The molecule has 1 amide bonds. The van der Waals surface area contributed by atoms with Crippen molar-refractivity contribution >= 4 is 5.91 Å². The lowest BCUT2D eigenvalue weighted by Gasteiger charge is -2.14. The number of methoxy groups -OCH3 is 3. The number of amides is 1. The van der Waals surface area contributed by atoms with E-state index in [1.165, 1.54) is 5.56 Å². The van der Waals surface area contributed by atoms with E-state index in [0.29, 0.717) is 48.9 Å². The van der Waals surface area contributed by atoms with Crippen molar-refractivity contribution in [2.75, 3.05) is 27.9 Å². The Balaban J connectivity index is 1.48. The SMILES string of the molecule is COc1cc(CCC(=O)NCCc2coc(-c3ccc(C)cc3)n2)cc(OC)c1OC. The summed E-state index contributed by atoms with van der Waals surface area (Å²) in [5.74, 6) is 2.25. The van der Waals surface area contributed by atoms with Crippen LogP contribution >= 0.6 is 0 Å². The molecule has 0 bridgehead atoms. The third-order valence-corrected chi connectivity index (χ3v) is 4.92. The summed E-state index contributed by atoms with van der Waals surface area (Å²) >= 11 is 0. The van der Waals surface area contributed by atoms with Gasteiger partial charge in [-0.15, -0.1) is 0 Å². The Labute approximate surface area is 182 Å². The molecule has 1 aromatic heterocycles. The van der Waals surface area contributed by atoms with E-state index in [0.717, 1.165) is 16.8 Å². The number of hydrogen-bond acceptors (Lipinski definition) is 6. The number of carbonyl (C=O) groups excluding carboxylic acids is 1. The van der Waals surface area contributed by atoms with Crippen molar-refractivity contribution in [1.29, 1.82) is 0 Å². The van der Waals surface area contributed by atoms with E-state index in [2.05, 4.69) is 10.3 Å². The number of hydrogen-bond donors (Lipinski definition) is 1. The summed E-state index contributed by atoms with van der Waals surface area (Å²) in [5, 5.41) is 2.93. The Hall–Kier alpha value is -3.48. The Morgan fingerprint density at radius 2 is 1.68 bits per heavy atom. The monoisotopic (exact) mass is 424 g/mol. The van der Waals surface area contributed by atoms with Crippen LogP contribution in [0, 0.1) is 6.92 Å². The van der Waals surface area contributed by atoms with E-state index in [4.69, 9.17) is 18.6 Å². The van der Waals surface area contributed by atoms with Gasteiger partial charge < -0.3 is 23.9 Å². The van der Waals surface area contributed by atoms with E-state index < -0.39 is 0 Å². The molecule has 0 aliphatic rings. The summed E-state index contributed by atoms with van der Waals surface area (Å²) < 4.78 is 21.6. The molecule has 0 atom stereocenters. The first-order valence-corrected chi connectivity index (χ1v) is 10.1. The highest BCUT2D eigenvalue weighted by Crippen LogP contribution is 2.38. The van der Waals surface area contributed by atoms with Crippen LogP contribution in [-0.4, -0.2) is 38.8 Å². The minimum Gasteiger partial charge on any atom is -0.493 e. The standard InChI is InChI=1S/C24H28N2O5/c1-16-5-8-18(9-6-16)24-26-19(15-31-24)11-12-25-22(27)10-7-17-13-20(28-2)23(30-4)21(14-17)29-3/h5-6,8-9,13-15H,7,10-12H2,1-4H3,(H,25,27). The summed E-state index contributed by atoms with van der Waals surface area (Å²) in [5.41, 5.74) is 3.86. The van der Waals surface area contributed by atoms with Gasteiger partial charge in [-0.25, -0.2) is 4.98 Å². The third kappa shape index (κ3) is 5.78. The summed E-state index contributed by atoms with van der Waals surface area (Å²) in [6.45, 7) is 2.53. The molecule has 2 aromatic carbocycles. The number of carbonyl (C=O) groups is 1. The summed E-state index contributed by atoms with van der Waals surface area (Å²) in [4.78, 5) is 16.8. The lowest BCUT2D eigenvalue weighted by Crippen LogP contribution is -2.25. The number of aromatic nitrogens is 1. The third-order valence-electron chi connectivity index (χ3n) is 4.92. The van der Waals surface area contributed by atoms with Crippen LogP contribution in [0.5, 0.6) is 17.2 Å². The second-order valence-electron chi connectivity index (χ2n) is 7.14. The van der Waals surface area contributed by atoms with Crippen LogP contribution in [-0.2, 0) is 17.6 Å². The van der Waals surface area contributed by atoms with Crippen LogP contribution in [0.25, 0.3) is 11.5 Å². The fraction of sp³-hybridized carbons (Fsp3) is 0.333. The first-order valence-electron chi connectivity index (χ1n) is 10.1. The molecule has 3 rings (SSSR count). The molecule has 0 unspecified atom stereocenters. The van der Waals surface area contributed by atoms with Gasteiger partial charge in [-0.1, -0.05) is 17.7 Å². The van der Waals surface area contributed by atoms with Crippen LogP contribution < -0.4 is 19.5 Å². The predicted octanol–water partition coefficient (Wildman–Crippen LogP) is 3.97. The Bertz CT molecular complexity index is 986. The minimum atomic E-state index is -0.0315. The molecule has 0 spiro atoms. The number of oxazole rings is 1. The quantitative estimate of drug-likeness (QED) is 0.530. The fourth-order valence-corrected chi connectivity index (χ4v) is 3.21. The average molecular weight is 424 g/mol. The topological polar surface area (TPSA) is 82.8 Å². The van der Waals surface area contributed by atoms with E-state index in [-0.39, 0.29) is 5.91 Å². The lowest BCUT2D eigenvalue weighted by atomic mass is 10.1. The van der Waals surface area contributed by atoms with Gasteiger partial charge in [0, 0.05) is 24.9 Å². The van der Waals surface area contributed by atoms with E-state index in [1.807, 2.05) is 43.3 Å². The van der Waals surface area contributed by atoms with Crippen LogP contribution in [0.3, 0.4) is 0 Å². The summed E-state index contributed by atoms with van der Waals surface area (Å²) in [6.07, 6.45) is 3.15. The Morgan fingerprint density at radius 3 is 2.29 bits per heavy atom. The molecule has 31 heavy (non-hydrogen) atoms. The van der Waals surface area contributed by atoms with Crippen molar-refractivity contribution in [2.24, 2.45) is 0 Å². The minimum absolute atomic E-state index is 0.0315. The average Bonchev–Trinajstić information content (AvgIpc) is 3.26. The molecule has 164 valence electrons. The van der Waals surface area contributed by atoms with Gasteiger partial charge in [0.05, 0.1) is 27.0 Å². The summed E-state index contributed by atoms with van der Waals surface area (Å²) in [7, 11) is 4.70. The lowest BCUT2D eigenvalue weighted by molar-refractivity contribution is -0.121. The zero-order valence-corrected chi connectivity index (χ0v) is 18.4. The molecule has 7 nitrogen and oxygen atoms in total. The highest BCUT2D eigenvalue weighted by Gasteiger charge is 2.14. The molecular formula is C24H28N2O5. The smallest absolute Gasteiger partial charge is 0.226 e. The molecule has 0 saturated carbocycles. The maximum absolute atomic E-state index is 12.3. The molecule has 3 aromatic rings. The van der Waals surface area contributed by atoms with Gasteiger partial charge in [-0.05, 0) is 43.2 Å². The van der Waals surface area contributed by atoms with Crippen LogP contribution in [0.2, 0.25) is 0 Å². The highest BCUT2D eigenvalue weighted by molar-refractivity contribution is 5.76. The maximum Gasteiger partial charge on any atom is 0.226 e. The molecule has 0 fully saturated rings. The van der Waals surface area contributed by atoms with Crippen LogP contribution in [0.15, 0.2) is 47.1 Å². The normalized spacial score (nSPS) is 10.6. The van der Waals surface area contributed by atoms with Gasteiger partial charge in [0.15, 0.2) is 11.5 Å². The largest absolute Gasteiger partial charge is 0.493 e. The fourth-order valence-electron chi connectivity index (χ4n) is 3.21. The Morgan fingerprint density at radius 1 is 1.00 bits per heavy atom. The molecular weight excluding hydrogens is 396 g/mol. The molecule has 0 saturated heterocycles. The molecule has 1 heterocycles. The van der Waals surface area contributed by atoms with Gasteiger partial charge in [0.2, 0.25) is 17.5 Å². The van der Waals surface area contributed by atoms with Crippen molar-refractivity contribution in [1.82, 2.24) is 10.3 Å². The maximum atomic E-state index is 12.3. The van der Waals surface area contributed by atoms with Crippen molar-refractivity contribution < 1.29 is 23.4 Å². The zero-order chi connectivity index (χ0) is 22.2. The van der Waals surface area contributed by atoms with Crippen LogP contribution in [0.4, 0.5) is 0 Å². The van der Waals surface area contributed by atoms with Gasteiger partial charge in [-0.2, -0.15) is 0 Å². The molecule has 0 aliphatic heterocycles. The highest BCUT2D eigenvalue weighted by atomic mass is 16.5. The number of nitrogens with zero attached hydrogens (tertiary/aromatic N) is 1. The first kappa shape index (κ1) is 22.2. The molecule has 1 N–H and O–H groups in total. The zero-order valence-electron chi connectivity index (χ0n) is 18.4. The molecule has 0 radical (unpaired) electrons. The summed E-state index contributed by atoms with van der Waals surface area (Å²) in [6, 6.07) is 11.7. The second-order valence-corrected chi connectivity index (χ2v) is 7.14. The van der Waals surface area contributed by atoms with Crippen molar-refractivity contribution in [2.45, 2.75) is 26.2 Å². The van der Waals surface area contributed by atoms with Gasteiger partial charge in [0.25, 0.3) is 0 Å². The number of nitrogens with one attached hydrogen (secondary N) is 1. The number of aryl methyl sites for hydroxylation is 2. The first-order chi connectivity index (χ1) is 15.0. The predicted molar refractivity (Wildman–Crippen MR) is 118 cm³/mol. The van der Waals surface area contributed by atoms with E-state index in [9.17, 15) is 4.79 Å².